The van der Waals surface area contributed by atoms with Crippen LogP contribution in [0.1, 0.15) is 34.6 Å². The summed E-state index contributed by atoms with van der Waals surface area (Å²) in [5, 5.41) is 20.7. The number of phenolic OH excluding ortho intramolecular Hbond substituents is 1. The van der Waals surface area contributed by atoms with Gasteiger partial charge in [0, 0.05) is 37.5 Å². The molecule has 8 nitrogen and oxygen atoms in total. The van der Waals surface area contributed by atoms with E-state index in [1.165, 1.54) is 12.1 Å². The first-order chi connectivity index (χ1) is 11.4. The van der Waals surface area contributed by atoms with Crippen molar-refractivity contribution in [3.8, 4) is 5.75 Å². The zero-order valence-corrected chi connectivity index (χ0v) is 15.3. The summed E-state index contributed by atoms with van der Waals surface area (Å²) < 4.78 is 5.47. The number of nitro benzene ring substituents is 1. The van der Waals surface area contributed by atoms with E-state index in [1.807, 2.05) is 39.5 Å². The van der Waals surface area contributed by atoms with E-state index in [9.17, 15) is 20.0 Å². The van der Waals surface area contributed by atoms with Crippen molar-refractivity contribution < 1.29 is 19.6 Å². The minimum Gasteiger partial charge on any atom is -0.502 e. The highest BCUT2D eigenvalue weighted by molar-refractivity contribution is 5.70. The van der Waals surface area contributed by atoms with E-state index >= 15 is 0 Å². The summed E-state index contributed by atoms with van der Waals surface area (Å²) in [4.78, 5) is 26.3. The van der Waals surface area contributed by atoms with Crippen molar-refractivity contribution in [1.29, 1.82) is 0 Å². The molecule has 1 aliphatic heterocycles. The Morgan fingerprint density at radius 3 is 2.44 bits per heavy atom. The molecule has 25 heavy (non-hydrogen) atoms. The van der Waals surface area contributed by atoms with Gasteiger partial charge in [-0.3, -0.25) is 15.0 Å². The Kier molecular flexibility index (Phi) is 4.83. The number of ether oxygens (including phenoxy) is 1. The van der Waals surface area contributed by atoms with Crippen molar-refractivity contribution in [2.45, 2.75) is 45.8 Å². The van der Waals surface area contributed by atoms with Gasteiger partial charge in [-0.05, 0) is 40.7 Å². The van der Waals surface area contributed by atoms with E-state index in [0.29, 0.717) is 25.3 Å². The number of rotatable bonds is 2. The molecule has 1 heterocycles. The molecule has 1 fully saturated rings. The molecular weight excluding hydrogens is 326 g/mol. The van der Waals surface area contributed by atoms with Crippen LogP contribution in [0, 0.1) is 10.1 Å². The summed E-state index contributed by atoms with van der Waals surface area (Å²) in [6.07, 6.45) is -0.358. The topological polar surface area (TPSA) is 96.2 Å². The first-order valence-electron chi connectivity index (χ1n) is 8.14. The van der Waals surface area contributed by atoms with Crippen LogP contribution in [-0.4, -0.2) is 51.8 Å². The first kappa shape index (κ1) is 18.8. The minimum atomic E-state index is -0.622. The Bertz CT molecular complexity index is 681. The van der Waals surface area contributed by atoms with Crippen molar-refractivity contribution in [2.75, 3.05) is 24.5 Å². The van der Waals surface area contributed by atoms with E-state index in [4.69, 9.17) is 4.74 Å². The highest BCUT2D eigenvalue weighted by Crippen LogP contribution is 2.33. The Balaban J connectivity index is 2.16. The van der Waals surface area contributed by atoms with Crippen molar-refractivity contribution in [3.05, 3.63) is 28.3 Å². The molecule has 0 bridgehead atoms. The molecule has 138 valence electrons. The Morgan fingerprint density at radius 1 is 1.32 bits per heavy atom. The smallest absolute Gasteiger partial charge is 0.410 e. The van der Waals surface area contributed by atoms with Crippen molar-refractivity contribution in [3.63, 3.8) is 0 Å². The lowest BCUT2D eigenvalue weighted by Gasteiger charge is -2.47. The number of carbonyl (C=O) groups is 1. The molecule has 0 atom stereocenters. The number of hydrogen-bond acceptors (Lipinski definition) is 6. The largest absolute Gasteiger partial charge is 0.502 e. The Labute approximate surface area is 147 Å². The van der Waals surface area contributed by atoms with Gasteiger partial charge in [-0.2, -0.15) is 0 Å². The van der Waals surface area contributed by atoms with Gasteiger partial charge in [0.25, 0.3) is 0 Å². The predicted molar refractivity (Wildman–Crippen MR) is 94.0 cm³/mol. The summed E-state index contributed by atoms with van der Waals surface area (Å²) >= 11 is 0. The average molecular weight is 351 g/mol. The number of nitro groups is 1. The fraction of sp³-hybridized carbons (Fsp3) is 0.588. The number of nitrogens with zero attached hydrogens (tertiary/aromatic N) is 3. The molecule has 1 saturated heterocycles. The van der Waals surface area contributed by atoms with Crippen LogP contribution >= 0.6 is 0 Å². The van der Waals surface area contributed by atoms with Gasteiger partial charge in [-0.1, -0.05) is 0 Å². The highest BCUT2D eigenvalue weighted by atomic mass is 16.6. The number of benzene rings is 1. The van der Waals surface area contributed by atoms with Crippen LogP contribution in [0.4, 0.5) is 16.2 Å². The number of aromatic hydroxyl groups is 1. The van der Waals surface area contributed by atoms with Gasteiger partial charge in [0.15, 0.2) is 5.75 Å². The minimum absolute atomic E-state index is 0.324. The number of amides is 1. The van der Waals surface area contributed by atoms with Crippen LogP contribution in [0.2, 0.25) is 0 Å². The van der Waals surface area contributed by atoms with E-state index in [0.717, 1.165) is 0 Å². The van der Waals surface area contributed by atoms with Gasteiger partial charge in [-0.25, -0.2) is 4.79 Å². The lowest BCUT2D eigenvalue weighted by Crippen LogP contribution is -2.61. The number of piperazine rings is 1. The van der Waals surface area contributed by atoms with Crippen molar-refractivity contribution in [2.24, 2.45) is 0 Å². The second kappa shape index (κ2) is 6.42. The second-order valence-corrected chi connectivity index (χ2v) is 7.80. The van der Waals surface area contributed by atoms with E-state index in [2.05, 4.69) is 0 Å². The molecule has 1 aliphatic rings. The monoisotopic (exact) mass is 351 g/mol. The third kappa shape index (κ3) is 4.32. The van der Waals surface area contributed by atoms with Gasteiger partial charge in [0.2, 0.25) is 0 Å². The van der Waals surface area contributed by atoms with Crippen LogP contribution in [0.25, 0.3) is 0 Å². The molecule has 8 heteroatoms. The Morgan fingerprint density at radius 2 is 1.96 bits per heavy atom. The van der Waals surface area contributed by atoms with Crippen molar-refractivity contribution in [1.82, 2.24) is 4.90 Å². The molecule has 0 aromatic heterocycles. The summed E-state index contributed by atoms with van der Waals surface area (Å²) in [6, 6.07) is 4.28. The maximum atomic E-state index is 12.4. The number of phenols is 1. The summed E-state index contributed by atoms with van der Waals surface area (Å²) in [5.41, 5.74) is -0.692. The molecule has 2 rings (SSSR count). The predicted octanol–water partition coefficient (Wildman–Crippen LogP) is 3.14. The molecule has 0 aliphatic carbocycles. The molecule has 1 aromatic carbocycles. The van der Waals surface area contributed by atoms with Crippen LogP contribution in [-0.2, 0) is 4.74 Å². The lowest BCUT2D eigenvalue weighted by atomic mass is 9.98. The molecule has 0 unspecified atom stereocenters. The van der Waals surface area contributed by atoms with E-state index < -0.39 is 16.1 Å². The third-order valence-corrected chi connectivity index (χ3v) is 4.04. The second-order valence-electron chi connectivity index (χ2n) is 7.80. The van der Waals surface area contributed by atoms with Crippen molar-refractivity contribution >= 4 is 17.5 Å². The number of hydrogen-bond donors (Lipinski definition) is 1. The standard InChI is InChI=1S/C17H25N3O5/c1-16(2,3)25-15(22)19-9-8-18(11-17(19,4)5)12-6-7-13(20(23)24)14(21)10-12/h6-7,10,21H,8-9,11H2,1-5H3. The maximum absolute atomic E-state index is 12.4. The van der Waals surface area contributed by atoms with Gasteiger partial charge < -0.3 is 14.7 Å². The molecular formula is C17H25N3O5. The van der Waals surface area contributed by atoms with Crippen LogP contribution in [0.15, 0.2) is 18.2 Å². The molecule has 1 N–H and O–H groups in total. The van der Waals surface area contributed by atoms with Gasteiger partial charge >= 0.3 is 11.8 Å². The number of anilines is 1. The SMILES string of the molecule is CC(C)(C)OC(=O)N1CCN(c2ccc([N+](=O)[O-])c(O)c2)CC1(C)C. The first-order valence-corrected chi connectivity index (χ1v) is 8.14. The average Bonchev–Trinajstić information content (AvgIpc) is 2.43. The molecule has 1 amide bonds. The van der Waals surface area contributed by atoms with Crippen LogP contribution < -0.4 is 4.90 Å². The van der Waals surface area contributed by atoms with Crippen LogP contribution in [0.5, 0.6) is 5.75 Å². The van der Waals surface area contributed by atoms with Crippen LogP contribution in [0.3, 0.4) is 0 Å². The van der Waals surface area contributed by atoms with E-state index in [-0.39, 0.29) is 17.5 Å². The van der Waals surface area contributed by atoms with Gasteiger partial charge in [-0.15, -0.1) is 0 Å². The normalized spacial score (nSPS) is 17.3. The van der Waals surface area contributed by atoms with E-state index in [1.54, 1.807) is 11.0 Å². The fourth-order valence-electron chi connectivity index (χ4n) is 2.89. The summed E-state index contributed by atoms with van der Waals surface area (Å²) in [5.74, 6) is -0.366. The molecule has 0 radical (unpaired) electrons. The lowest BCUT2D eigenvalue weighted by molar-refractivity contribution is -0.385. The molecule has 0 spiro atoms. The van der Waals surface area contributed by atoms with Gasteiger partial charge in [0.1, 0.15) is 5.60 Å². The quantitative estimate of drug-likeness (QED) is 0.649. The summed E-state index contributed by atoms with van der Waals surface area (Å²) in [6.45, 7) is 10.9. The zero-order valence-electron chi connectivity index (χ0n) is 15.3. The fourth-order valence-corrected chi connectivity index (χ4v) is 2.89. The summed E-state index contributed by atoms with van der Waals surface area (Å²) in [7, 11) is 0. The number of carbonyl (C=O) groups excluding carboxylic acids is 1. The molecule has 0 saturated carbocycles. The third-order valence-electron chi connectivity index (χ3n) is 4.04. The van der Waals surface area contributed by atoms with Gasteiger partial charge in [0.05, 0.1) is 10.5 Å². The maximum Gasteiger partial charge on any atom is 0.410 e. The Hall–Kier alpha value is -2.51. The highest BCUT2D eigenvalue weighted by Gasteiger charge is 2.39. The molecule has 1 aromatic rings. The zero-order chi connectivity index (χ0) is 19.0.